The molecular formula is C12H20N2O. The first kappa shape index (κ1) is 12.0. The average Bonchev–Trinajstić information content (AvgIpc) is 2.27. The van der Waals surface area contributed by atoms with Gasteiger partial charge in [-0.25, -0.2) is 0 Å². The van der Waals surface area contributed by atoms with E-state index in [0.29, 0.717) is 0 Å². The molecule has 1 rings (SSSR count). The normalized spacial score (nSPS) is 14.7. The number of hydrogen-bond acceptors (Lipinski definition) is 3. The lowest BCUT2D eigenvalue weighted by Crippen LogP contribution is -2.31. The molecule has 4 N–H and O–H groups in total. The third-order valence-corrected chi connectivity index (χ3v) is 2.63. The first-order valence-corrected chi connectivity index (χ1v) is 5.28. The first-order chi connectivity index (χ1) is 7.10. The second-order valence-electron chi connectivity index (χ2n) is 3.81. The predicted molar refractivity (Wildman–Crippen MR) is 62.9 cm³/mol. The van der Waals surface area contributed by atoms with E-state index in [9.17, 15) is 0 Å². The molecule has 3 heteroatoms. The van der Waals surface area contributed by atoms with Crippen LogP contribution in [0.15, 0.2) is 18.2 Å². The van der Waals surface area contributed by atoms with Gasteiger partial charge >= 0.3 is 0 Å². The van der Waals surface area contributed by atoms with Crippen molar-refractivity contribution in [1.29, 1.82) is 0 Å². The minimum absolute atomic E-state index is 0.0778. The van der Waals surface area contributed by atoms with Crippen molar-refractivity contribution in [1.82, 2.24) is 0 Å². The Morgan fingerprint density at radius 1 is 1.33 bits per heavy atom. The molecule has 0 fully saturated rings. The zero-order valence-corrected chi connectivity index (χ0v) is 9.66. The quantitative estimate of drug-likeness (QED) is 0.790. The van der Waals surface area contributed by atoms with Crippen LogP contribution in [0.4, 0.5) is 0 Å². The van der Waals surface area contributed by atoms with Crippen LogP contribution < -0.4 is 16.2 Å². The largest absolute Gasteiger partial charge is 0.496 e. The van der Waals surface area contributed by atoms with Crippen LogP contribution in [-0.2, 0) is 6.42 Å². The molecule has 3 nitrogen and oxygen atoms in total. The van der Waals surface area contributed by atoms with Gasteiger partial charge in [0.05, 0.1) is 7.11 Å². The molecule has 0 aliphatic carbocycles. The molecule has 2 unspecified atom stereocenters. The smallest absolute Gasteiger partial charge is 0.123 e. The summed E-state index contributed by atoms with van der Waals surface area (Å²) in [6.07, 6.45) is 0.989. The second kappa shape index (κ2) is 5.14. The Balaban J connectivity index is 3.11. The van der Waals surface area contributed by atoms with E-state index in [1.807, 2.05) is 13.0 Å². The van der Waals surface area contributed by atoms with Crippen molar-refractivity contribution < 1.29 is 4.74 Å². The van der Waals surface area contributed by atoms with Gasteiger partial charge in [0.25, 0.3) is 0 Å². The number of nitrogens with two attached hydrogens (primary N) is 2. The number of aryl methyl sites for hydroxylation is 1. The highest BCUT2D eigenvalue weighted by molar-refractivity contribution is 5.40. The van der Waals surface area contributed by atoms with E-state index in [1.165, 1.54) is 5.56 Å². The first-order valence-electron chi connectivity index (χ1n) is 5.28. The van der Waals surface area contributed by atoms with E-state index in [2.05, 4.69) is 19.1 Å². The third-order valence-electron chi connectivity index (χ3n) is 2.63. The fraction of sp³-hybridized carbons (Fsp3) is 0.500. The van der Waals surface area contributed by atoms with Crippen LogP contribution in [0.25, 0.3) is 0 Å². The van der Waals surface area contributed by atoms with E-state index < -0.39 is 0 Å². The minimum Gasteiger partial charge on any atom is -0.496 e. The van der Waals surface area contributed by atoms with Crippen molar-refractivity contribution >= 4 is 0 Å². The molecule has 0 saturated heterocycles. The topological polar surface area (TPSA) is 61.3 Å². The van der Waals surface area contributed by atoms with E-state index in [4.69, 9.17) is 16.2 Å². The van der Waals surface area contributed by atoms with Crippen LogP contribution in [0.3, 0.4) is 0 Å². The zero-order chi connectivity index (χ0) is 11.4. The molecule has 0 saturated carbocycles. The molecule has 0 heterocycles. The van der Waals surface area contributed by atoms with Gasteiger partial charge in [0.15, 0.2) is 0 Å². The number of benzene rings is 1. The monoisotopic (exact) mass is 208 g/mol. The molecule has 0 aliphatic heterocycles. The van der Waals surface area contributed by atoms with E-state index in [-0.39, 0.29) is 12.1 Å². The van der Waals surface area contributed by atoms with Crippen molar-refractivity contribution in [2.75, 3.05) is 7.11 Å². The lowest BCUT2D eigenvalue weighted by Gasteiger charge is -2.19. The van der Waals surface area contributed by atoms with Crippen molar-refractivity contribution in [3.05, 3.63) is 29.3 Å². The minimum atomic E-state index is -0.175. The van der Waals surface area contributed by atoms with E-state index >= 15 is 0 Å². The molecule has 2 atom stereocenters. The average molecular weight is 208 g/mol. The Morgan fingerprint density at radius 2 is 2.00 bits per heavy atom. The van der Waals surface area contributed by atoms with E-state index in [1.54, 1.807) is 7.11 Å². The van der Waals surface area contributed by atoms with Gasteiger partial charge in [0.2, 0.25) is 0 Å². The fourth-order valence-electron chi connectivity index (χ4n) is 1.55. The van der Waals surface area contributed by atoms with Crippen LogP contribution in [0, 0.1) is 0 Å². The molecular weight excluding hydrogens is 188 g/mol. The fourth-order valence-corrected chi connectivity index (χ4v) is 1.55. The van der Waals surface area contributed by atoms with Crippen LogP contribution >= 0.6 is 0 Å². The number of methoxy groups -OCH3 is 1. The second-order valence-corrected chi connectivity index (χ2v) is 3.81. The Hall–Kier alpha value is -1.06. The van der Waals surface area contributed by atoms with Gasteiger partial charge in [-0.2, -0.15) is 0 Å². The lowest BCUT2D eigenvalue weighted by atomic mass is 9.98. The maximum absolute atomic E-state index is 6.03. The van der Waals surface area contributed by atoms with Crippen molar-refractivity contribution in [2.24, 2.45) is 11.5 Å². The van der Waals surface area contributed by atoms with Crippen LogP contribution in [-0.4, -0.2) is 13.2 Å². The molecule has 1 aromatic rings. The number of ether oxygens (including phenoxy) is 1. The summed E-state index contributed by atoms with van der Waals surface area (Å²) < 4.78 is 5.28. The van der Waals surface area contributed by atoms with Gasteiger partial charge in [0.1, 0.15) is 5.75 Å². The van der Waals surface area contributed by atoms with Crippen molar-refractivity contribution in [3.8, 4) is 5.75 Å². The summed E-state index contributed by atoms with van der Waals surface area (Å²) in [5.41, 5.74) is 14.1. The Bertz CT molecular complexity index is 323. The SMILES string of the molecule is CCc1ccc(OC)c(C(N)C(C)N)c1. The molecule has 0 radical (unpaired) electrons. The highest BCUT2D eigenvalue weighted by atomic mass is 16.5. The van der Waals surface area contributed by atoms with Crippen molar-refractivity contribution in [3.63, 3.8) is 0 Å². The highest BCUT2D eigenvalue weighted by Crippen LogP contribution is 2.26. The standard InChI is InChI=1S/C12H20N2O/c1-4-9-5-6-11(15-3)10(7-9)12(14)8(2)13/h5-8,12H,4,13-14H2,1-3H3. The van der Waals surface area contributed by atoms with Crippen LogP contribution in [0.2, 0.25) is 0 Å². The molecule has 0 spiro atoms. The molecule has 1 aromatic carbocycles. The summed E-state index contributed by atoms with van der Waals surface area (Å²) in [5.74, 6) is 0.817. The molecule has 84 valence electrons. The predicted octanol–water partition coefficient (Wildman–Crippen LogP) is 1.60. The summed E-state index contributed by atoms with van der Waals surface area (Å²) in [7, 11) is 1.65. The molecule has 0 aliphatic rings. The maximum atomic E-state index is 6.03. The van der Waals surface area contributed by atoms with Crippen molar-refractivity contribution in [2.45, 2.75) is 32.4 Å². The number of hydrogen-bond donors (Lipinski definition) is 2. The Kier molecular flexibility index (Phi) is 4.12. The lowest BCUT2D eigenvalue weighted by molar-refractivity contribution is 0.402. The molecule has 0 amide bonds. The molecule has 0 bridgehead atoms. The molecule has 0 aromatic heterocycles. The summed E-state index contributed by atoms with van der Waals surface area (Å²) in [6.45, 7) is 4.02. The third kappa shape index (κ3) is 2.70. The van der Waals surface area contributed by atoms with Crippen LogP contribution in [0.1, 0.15) is 31.0 Å². The summed E-state index contributed by atoms with van der Waals surface area (Å²) in [6, 6.07) is 5.83. The summed E-state index contributed by atoms with van der Waals surface area (Å²) in [5, 5.41) is 0. The van der Waals surface area contributed by atoms with Gasteiger partial charge in [-0.05, 0) is 25.0 Å². The molecule has 15 heavy (non-hydrogen) atoms. The maximum Gasteiger partial charge on any atom is 0.123 e. The van der Waals surface area contributed by atoms with Gasteiger partial charge in [-0.1, -0.05) is 19.1 Å². The van der Waals surface area contributed by atoms with E-state index in [0.717, 1.165) is 17.7 Å². The number of rotatable bonds is 4. The van der Waals surface area contributed by atoms with Crippen LogP contribution in [0.5, 0.6) is 5.75 Å². The Labute approximate surface area is 91.4 Å². The Morgan fingerprint density at radius 3 is 2.47 bits per heavy atom. The zero-order valence-electron chi connectivity index (χ0n) is 9.66. The summed E-state index contributed by atoms with van der Waals surface area (Å²) >= 11 is 0. The van der Waals surface area contributed by atoms with Gasteiger partial charge < -0.3 is 16.2 Å². The van der Waals surface area contributed by atoms with Gasteiger partial charge in [0, 0.05) is 17.6 Å². The summed E-state index contributed by atoms with van der Waals surface area (Å²) in [4.78, 5) is 0. The highest BCUT2D eigenvalue weighted by Gasteiger charge is 2.15. The van der Waals surface area contributed by atoms with Gasteiger partial charge in [-0.15, -0.1) is 0 Å². The van der Waals surface area contributed by atoms with Gasteiger partial charge in [-0.3, -0.25) is 0 Å².